The molecule has 2 heterocycles. The summed E-state index contributed by atoms with van der Waals surface area (Å²) in [6, 6.07) is 0.440. The SMILES string of the molecule is CC(Nc1snc(N)c1C1CC1)C1CCOC1. The molecule has 2 atom stereocenters. The summed E-state index contributed by atoms with van der Waals surface area (Å²) in [5.74, 6) is 2.00. The first kappa shape index (κ1) is 11.3. The Morgan fingerprint density at radius 2 is 2.29 bits per heavy atom. The monoisotopic (exact) mass is 253 g/mol. The molecule has 2 aliphatic rings. The molecule has 0 amide bonds. The Balaban J connectivity index is 1.71. The molecule has 2 fully saturated rings. The van der Waals surface area contributed by atoms with Crippen LogP contribution in [0.15, 0.2) is 0 Å². The Morgan fingerprint density at radius 3 is 2.94 bits per heavy atom. The highest BCUT2D eigenvalue weighted by Gasteiger charge is 2.32. The summed E-state index contributed by atoms with van der Waals surface area (Å²) in [6.45, 7) is 4.00. The summed E-state index contributed by atoms with van der Waals surface area (Å²) in [7, 11) is 0. The summed E-state index contributed by atoms with van der Waals surface area (Å²) in [4.78, 5) is 0. The Bertz CT molecular complexity index is 396. The zero-order chi connectivity index (χ0) is 11.8. The van der Waals surface area contributed by atoms with Crippen molar-refractivity contribution in [1.82, 2.24) is 4.37 Å². The van der Waals surface area contributed by atoms with Gasteiger partial charge in [0.2, 0.25) is 0 Å². The molecule has 1 saturated heterocycles. The predicted molar refractivity (Wildman–Crippen MR) is 70.5 cm³/mol. The first-order chi connectivity index (χ1) is 8.25. The molecule has 1 saturated carbocycles. The fourth-order valence-electron chi connectivity index (χ4n) is 2.45. The van der Waals surface area contributed by atoms with Crippen molar-refractivity contribution in [3.63, 3.8) is 0 Å². The molecule has 17 heavy (non-hydrogen) atoms. The maximum Gasteiger partial charge on any atom is 0.142 e. The Kier molecular flexibility index (Phi) is 2.96. The minimum atomic E-state index is 0.440. The van der Waals surface area contributed by atoms with Crippen molar-refractivity contribution >= 4 is 22.4 Å². The summed E-state index contributed by atoms with van der Waals surface area (Å²) >= 11 is 1.50. The third-order valence-corrected chi connectivity index (χ3v) is 4.58. The molecule has 0 aromatic carbocycles. The lowest BCUT2D eigenvalue weighted by atomic mass is 10.0. The molecule has 0 spiro atoms. The van der Waals surface area contributed by atoms with Gasteiger partial charge in [-0.15, -0.1) is 0 Å². The first-order valence-electron chi connectivity index (χ1n) is 6.35. The third-order valence-electron chi connectivity index (χ3n) is 3.77. The lowest BCUT2D eigenvalue weighted by Crippen LogP contribution is -2.26. The number of hydrogen-bond acceptors (Lipinski definition) is 5. The van der Waals surface area contributed by atoms with Gasteiger partial charge in [0.1, 0.15) is 10.8 Å². The number of nitrogens with one attached hydrogen (secondary N) is 1. The third kappa shape index (κ3) is 2.26. The summed E-state index contributed by atoms with van der Waals surface area (Å²) < 4.78 is 9.72. The van der Waals surface area contributed by atoms with Crippen LogP contribution in [0.4, 0.5) is 10.8 Å². The number of nitrogens with zero attached hydrogens (tertiary/aromatic N) is 1. The van der Waals surface area contributed by atoms with Crippen molar-refractivity contribution in [2.45, 2.75) is 38.1 Å². The molecule has 1 aliphatic carbocycles. The molecule has 1 aromatic heterocycles. The average molecular weight is 253 g/mol. The van der Waals surface area contributed by atoms with Crippen LogP contribution in [0, 0.1) is 5.92 Å². The molecular weight excluding hydrogens is 234 g/mol. The average Bonchev–Trinajstić information content (AvgIpc) is 2.87. The molecule has 4 nitrogen and oxygen atoms in total. The van der Waals surface area contributed by atoms with Gasteiger partial charge >= 0.3 is 0 Å². The number of rotatable bonds is 4. The Hall–Kier alpha value is -0.810. The van der Waals surface area contributed by atoms with Crippen LogP contribution in [0.3, 0.4) is 0 Å². The Morgan fingerprint density at radius 1 is 1.47 bits per heavy atom. The molecule has 1 aliphatic heterocycles. The van der Waals surface area contributed by atoms with Crippen molar-refractivity contribution < 1.29 is 4.74 Å². The molecule has 3 rings (SSSR count). The number of anilines is 2. The highest BCUT2D eigenvalue weighted by molar-refractivity contribution is 7.10. The van der Waals surface area contributed by atoms with E-state index in [1.807, 2.05) is 0 Å². The van der Waals surface area contributed by atoms with Crippen LogP contribution >= 0.6 is 11.5 Å². The minimum Gasteiger partial charge on any atom is -0.383 e. The summed E-state index contributed by atoms with van der Waals surface area (Å²) in [6.07, 6.45) is 3.68. The molecular formula is C12H19N3OS. The van der Waals surface area contributed by atoms with Crippen molar-refractivity contribution in [1.29, 1.82) is 0 Å². The van der Waals surface area contributed by atoms with Gasteiger partial charge in [-0.2, -0.15) is 4.37 Å². The second-order valence-corrected chi connectivity index (χ2v) is 5.91. The summed E-state index contributed by atoms with van der Waals surface area (Å²) in [5, 5.41) is 4.78. The van der Waals surface area contributed by atoms with Gasteiger partial charge in [-0.3, -0.25) is 0 Å². The highest BCUT2D eigenvalue weighted by atomic mass is 32.1. The van der Waals surface area contributed by atoms with Crippen LogP contribution in [0.1, 0.15) is 37.7 Å². The second kappa shape index (κ2) is 4.46. The first-order valence-corrected chi connectivity index (χ1v) is 7.12. The van der Waals surface area contributed by atoms with Gasteiger partial charge in [0.05, 0.1) is 6.61 Å². The van der Waals surface area contributed by atoms with E-state index in [2.05, 4.69) is 16.6 Å². The van der Waals surface area contributed by atoms with Crippen LogP contribution in [0.2, 0.25) is 0 Å². The predicted octanol–water partition coefficient (Wildman–Crippen LogP) is 2.44. The molecule has 2 unspecified atom stereocenters. The molecule has 3 N–H and O–H groups in total. The van der Waals surface area contributed by atoms with Crippen molar-refractivity contribution in [2.24, 2.45) is 5.92 Å². The van der Waals surface area contributed by atoms with Gasteiger partial charge in [0, 0.05) is 24.1 Å². The van der Waals surface area contributed by atoms with E-state index in [4.69, 9.17) is 10.5 Å². The van der Waals surface area contributed by atoms with E-state index in [0.29, 0.717) is 17.9 Å². The van der Waals surface area contributed by atoms with Crippen molar-refractivity contribution in [3.05, 3.63) is 5.56 Å². The van der Waals surface area contributed by atoms with Crippen molar-refractivity contribution in [3.8, 4) is 0 Å². The van der Waals surface area contributed by atoms with E-state index in [0.717, 1.165) is 25.5 Å². The van der Waals surface area contributed by atoms with Crippen LogP contribution in [0.5, 0.6) is 0 Å². The van der Waals surface area contributed by atoms with Crippen LogP contribution in [-0.2, 0) is 4.74 Å². The lowest BCUT2D eigenvalue weighted by molar-refractivity contribution is 0.183. The van der Waals surface area contributed by atoms with E-state index in [1.54, 1.807) is 0 Å². The second-order valence-electron chi connectivity index (χ2n) is 5.14. The fraction of sp³-hybridized carbons (Fsp3) is 0.750. The standard InChI is InChI=1S/C12H19N3OS/c1-7(9-4-5-16-6-9)14-12-10(8-2-3-8)11(13)15-17-12/h7-9,14H,2-6H2,1H3,(H2,13,15). The minimum absolute atomic E-state index is 0.440. The number of aromatic nitrogens is 1. The number of nitrogens with two attached hydrogens (primary N) is 1. The molecule has 94 valence electrons. The lowest BCUT2D eigenvalue weighted by Gasteiger charge is -2.20. The largest absolute Gasteiger partial charge is 0.383 e. The van der Waals surface area contributed by atoms with E-state index >= 15 is 0 Å². The van der Waals surface area contributed by atoms with Gasteiger partial charge in [-0.1, -0.05) is 0 Å². The Labute approximate surface area is 106 Å². The zero-order valence-electron chi connectivity index (χ0n) is 10.1. The van der Waals surface area contributed by atoms with E-state index < -0.39 is 0 Å². The number of hydrogen-bond donors (Lipinski definition) is 2. The maximum absolute atomic E-state index is 5.95. The van der Waals surface area contributed by atoms with E-state index in [-0.39, 0.29) is 0 Å². The normalized spacial score (nSPS) is 26.1. The molecule has 1 aromatic rings. The number of nitrogen functional groups attached to an aromatic ring is 1. The quantitative estimate of drug-likeness (QED) is 0.865. The molecule has 0 radical (unpaired) electrons. The van der Waals surface area contributed by atoms with Crippen LogP contribution in [-0.4, -0.2) is 23.6 Å². The van der Waals surface area contributed by atoms with Gasteiger partial charge in [0.15, 0.2) is 0 Å². The van der Waals surface area contributed by atoms with Crippen LogP contribution < -0.4 is 11.1 Å². The van der Waals surface area contributed by atoms with Gasteiger partial charge in [0.25, 0.3) is 0 Å². The van der Waals surface area contributed by atoms with E-state index in [1.165, 1.54) is 34.9 Å². The molecule has 0 bridgehead atoms. The summed E-state index contributed by atoms with van der Waals surface area (Å²) in [5.41, 5.74) is 7.21. The topological polar surface area (TPSA) is 60.2 Å². The fourth-order valence-corrected chi connectivity index (χ4v) is 3.35. The highest BCUT2D eigenvalue weighted by Crippen LogP contribution is 2.48. The van der Waals surface area contributed by atoms with Crippen LogP contribution in [0.25, 0.3) is 0 Å². The van der Waals surface area contributed by atoms with Gasteiger partial charge < -0.3 is 15.8 Å². The van der Waals surface area contributed by atoms with Gasteiger partial charge in [-0.05, 0) is 43.6 Å². The van der Waals surface area contributed by atoms with Crippen molar-refractivity contribution in [2.75, 3.05) is 24.3 Å². The van der Waals surface area contributed by atoms with Gasteiger partial charge in [-0.25, -0.2) is 0 Å². The number of ether oxygens (including phenoxy) is 1. The maximum atomic E-state index is 5.95. The molecule has 5 heteroatoms. The van der Waals surface area contributed by atoms with E-state index in [9.17, 15) is 0 Å². The smallest absolute Gasteiger partial charge is 0.142 e. The zero-order valence-corrected chi connectivity index (χ0v) is 10.9.